The number of likely N-dealkylation sites (N-methyl/N-ethyl adjacent to an activating group) is 1. The number of hydrogen-bond donors (Lipinski definition) is 1. The molecule has 0 bridgehead atoms. The van der Waals surface area contributed by atoms with Crippen molar-refractivity contribution in [1.29, 1.82) is 0 Å². The Hall–Kier alpha value is -2.24. The van der Waals surface area contributed by atoms with Crippen LogP contribution in [-0.4, -0.2) is 44.0 Å². The van der Waals surface area contributed by atoms with E-state index in [4.69, 9.17) is 0 Å². The van der Waals surface area contributed by atoms with E-state index in [0.29, 0.717) is 0 Å². The summed E-state index contributed by atoms with van der Waals surface area (Å²) in [6.07, 6.45) is 2.04. The lowest BCUT2D eigenvalue weighted by Gasteiger charge is -2.34. The van der Waals surface area contributed by atoms with Crippen molar-refractivity contribution >= 4 is 29.4 Å². The highest BCUT2D eigenvalue weighted by Crippen LogP contribution is 2.40. The minimum Gasteiger partial charge on any atom is -0.368 e. The van der Waals surface area contributed by atoms with E-state index in [1.54, 1.807) is 11.8 Å². The van der Waals surface area contributed by atoms with Gasteiger partial charge in [-0.1, -0.05) is 60.3 Å². The van der Waals surface area contributed by atoms with Crippen LogP contribution >= 0.6 is 11.8 Å². The number of nitrogens with zero attached hydrogens (tertiary/aromatic N) is 2. The average Bonchev–Trinajstić information content (AvgIpc) is 3.04. The summed E-state index contributed by atoms with van der Waals surface area (Å²) in [5.74, 6) is 0.0111. The largest absolute Gasteiger partial charge is 0.368 e. The topological polar surface area (TPSA) is 35.6 Å². The van der Waals surface area contributed by atoms with Crippen molar-refractivity contribution in [2.24, 2.45) is 0 Å². The number of thioether (sulfide) groups is 1. The molecule has 4 nitrogen and oxygen atoms in total. The number of rotatable bonds is 3. The van der Waals surface area contributed by atoms with Gasteiger partial charge in [-0.3, -0.25) is 4.79 Å². The van der Waals surface area contributed by atoms with Crippen molar-refractivity contribution in [2.75, 3.05) is 38.1 Å². The van der Waals surface area contributed by atoms with Gasteiger partial charge in [-0.2, -0.15) is 0 Å². The molecule has 1 N–H and O–H groups in total. The van der Waals surface area contributed by atoms with Crippen molar-refractivity contribution in [3.63, 3.8) is 0 Å². The number of carbonyl (C=O) groups is 1. The van der Waals surface area contributed by atoms with Crippen LogP contribution in [0.5, 0.6) is 0 Å². The van der Waals surface area contributed by atoms with Gasteiger partial charge in [-0.15, -0.1) is 0 Å². The van der Waals surface area contributed by atoms with Crippen LogP contribution in [0, 0.1) is 0 Å². The summed E-state index contributed by atoms with van der Waals surface area (Å²) in [5.41, 5.74) is 3.45. The molecule has 0 saturated carbocycles. The van der Waals surface area contributed by atoms with E-state index in [9.17, 15) is 4.79 Å². The van der Waals surface area contributed by atoms with E-state index in [1.807, 2.05) is 30.3 Å². The molecule has 0 radical (unpaired) electrons. The van der Waals surface area contributed by atoms with Crippen molar-refractivity contribution in [3.8, 4) is 0 Å². The SMILES string of the molecule is CN1CCN(c2ccccc2/C=C2\SC(c3ccccc3)NC2=O)CC1. The lowest BCUT2D eigenvalue weighted by Crippen LogP contribution is -2.44. The van der Waals surface area contributed by atoms with Gasteiger partial charge in [0.2, 0.25) is 0 Å². The molecule has 5 heteroatoms. The fourth-order valence-corrected chi connectivity index (χ4v) is 4.44. The number of nitrogens with one attached hydrogen (secondary N) is 1. The van der Waals surface area contributed by atoms with Crippen molar-refractivity contribution in [2.45, 2.75) is 5.37 Å². The fraction of sp³-hybridized carbons (Fsp3) is 0.286. The van der Waals surface area contributed by atoms with Gasteiger partial charge in [0.15, 0.2) is 0 Å². The number of anilines is 1. The van der Waals surface area contributed by atoms with E-state index >= 15 is 0 Å². The number of hydrogen-bond acceptors (Lipinski definition) is 4. The monoisotopic (exact) mass is 365 g/mol. The molecular formula is C21H23N3OS. The molecule has 0 aromatic heterocycles. The van der Waals surface area contributed by atoms with Crippen LogP contribution in [0.4, 0.5) is 5.69 Å². The molecular weight excluding hydrogens is 342 g/mol. The first kappa shape index (κ1) is 17.2. The Bertz CT molecular complexity index is 813. The maximum atomic E-state index is 12.5. The standard InChI is InChI=1S/C21H23N3OS/c1-23-11-13-24(14-12-23)18-10-6-5-9-17(18)15-19-20(25)22-21(26-19)16-7-3-2-4-8-16/h2-10,15,21H,11-14H2,1H3,(H,22,25)/b19-15-. The Morgan fingerprint density at radius 3 is 2.46 bits per heavy atom. The highest BCUT2D eigenvalue weighted by atomic mass is 32.2. The molecule has 134 valence electrons. The summed E-state index contributed by atoms with van der Waals surface area (Å²) in [6.45, 7) is 4.16. The highest BCUT2D eigenvalue weighted by Gasteiger charge is 2.28. The molecule has 1 atom stereocenters. The molecule has 0 spiro atoms. The third kappa shape index (κ3) is 3.64. The first-order valence-corrected chi connectivity index (χ1v) is 9.85. The van der Waals surface area contributed by atoms with Gasteiger partial charge in [0.25, 0.3) is 5.91 Å². The summed E-state index contributed by atoms with van der Waals surface area (Å²) in [6, 6.07) is 18.5. The molecule has 2 saturated heterocycles. The second kappa shape index (κ2) is 7.56. The number of amides is 1. The second-order valence-corrected chi connectivity index (χ2v) is 7.89. The molecule has 0 aliphatic carbocycles. The van der Waals surface area contributed by atoms with Gasteiger partial charge in [-0.25, -0.2) is 0 Å². The number of benzene rings is 2. The van der Waals surface area contributed by atoms with Crippen molar-refractivity contribution in [1.82, 2.24) is 10.2 Å². The zero-order chi connectivity index (χ0) is 17.9. The quantitative estimate of drug-likeness (QED) is 0.847. The molecule has 2 aliphatic heterocycles. The molecule has 1 unspecified atom stereocenters. The van der Waals surface area contributed by atoms with Crippen LogP contribution in [0.15, 0.2) is 59.5 Å². The third-order valence-corrected chi connectivity index (χ3v) is 6.08. The average molecular weight is 366 g/mol. The predicted molar refractivity (Wildman–Crippen MR) is 109 cm³/mol. The molecule has 1 amide bonds. The lowest BCUT2D eigenvalue weighted by molar-refractivity contribution is -0.116. The first-order chi connectivity index (χ1) is 12.7. The summed E-state index contributed by atoms with van der Waals surface area (Å²) in [7, 11) is 2.16. The second-order valence-electron chi connectivity index (χ2n) is 6.74. The van der Waals surface area contributed by atoms with E-state index < -0.39 is 0 Å². The molecule has 2 aromatic carbocycles. The number of piperazine rings is 1. The van der Waals surface area contributed by atoms with Gasteiger partial charge in [0, 0.05) is 31.9 Å². The van der Waals surface area contributed by atoms with E-state index in [1.165, 1.54) is 5.69 Å². The molecule has 2 fully saturated rings. The van der Waals surface area contributed by atoms with Gasteiger partial charge in [0.05, 0.1) is 4.91 Å². The third-order valence-electron chi connectivity index (χ3n) is 4.90. The highest BCUT2D eigenvalue weighted by molar-refractivity contribution is 8.04. The molecule has 26 heavy (non-hydrogen) atoms. The van der Waals surface area contributed by atoms with Gasteiger partial charge >= 0.3 is 0 Å². The molecule has 2 aliphatic rings. The van der Waals surface area contributed by atoms with E-state index in [-0.39, 0.29) is 11.3 Å². The smallest absolute Gasteiger partial charge is 0.258 e. The van der Waals surface area contributed by atoms with Crippen LogP contribution in [0.3, 0.4) is 0 Å². The van der Waals surface area contributed by atoms with Gasteiger partial charge in [-0.05, 0) is 30.3 Å². The van der Waals surface area contributed by atoms with Crippen LogP contribution in [-0.2, 0) is 4.79 Å². The fourth-order valence-electron chi connectivity index (χ4n) is 3.37. The zero-order valence-corrected chi connectivity index (χ0v) is 15.7. The van der Waals surface area contributed by atoms with Crippen molar-refractivity contribution < 1.29 is 4.79 Å². The van der Waals surface area contributed by atoms with Gasteiger partial charge < -0.3 is 15.1 Å². The Kier molecular flexibility index (Phi) is 5.00. The Morgan fingerprint density at radius 1 is 1.00 bits per heavy atom. The minimum atomic E-state index is -0.00857. The van der Waals surface area contributed by atoms with Crippen LogP contribution in [0.2, 0.25) is 0 Å². The first-order valence-electron chi connectivity index (χ1n) is 8.97. The minimum absolute atomic E-state index is 0.00857. The maximum absolute atomic E-state index is 12.5. The lowest BCUT2D eigenvalue weighted by atomic mass is 10.1. The van der Waals surface area contributed by atoms with E-state index in [0.717, 1.165) is 42.2 Å². The zero-order valence-electron chi connectivity index (χ0n) is 14.9. The van der Waals surface area contributed by atoms with Crippen molar-refractivity contribution in [3.05, 3.63) is 70.6 Å². The summed E-state index contributed by atoms with van der Waals surface area (Å²) in [4.78, 5) is 18.0. The summed E-state index contributed by atoms with van der Waals surface area (Å²) >= 11 is 1.60. The Labute approximate surface area is 158 Å². The predicted octanol–water partition coefficient (Wildman–Crippen LogP) is 3.34. The summed E-state index contributed by atoms with van der Waals surface area (Å²) < 4.78 is 0. The summed E-state index contributed by atoms with van der Waals surface area (Å²) in [5, 5.41) is 3.07. The van der Waals surface area contributed by atoms with Crippen LogP contribution in [0.25, 0.3) is 6.08 Å². The van der Waals surface area contributed by atoms with Crippen LogP contribution < -0.4 is 10.2 Å². The molecule has 4 rings (SSSR count). The van der Waals surface area contributed by atoms with Gasteiger partial charge in [0.1, 0.15) is 5.37 Å². The molecule has 2 aromatic rings. The number of para-hydroxylation sites is 1. The Morgan fingerprint density at radius 2 is 1.69 bits per heavy atom. The Balaban J connectivity index is 1.58. The normalized spacial score (nSPS) is 22.7. The van der Waals surface area contributed by atoms with E-state index in [2.05, 4.69) is 52.5 Å². The number of carbonyl (C=O) groups excluding carboxylic acids is 1. The maximum Gasteiger partial charge on any atom is 0.258 e. The van der Waals surface area contributed by atoms with Crippen LogP contribution in [0.1, 0.15) is 16.5 Å². The molecule has 2 heterocycles.